The largest absolute Gasteiger partial charge is 0.330 e. The van der Waals surface area contributed by atoms with E-state index in [2.05, 4.69) is 0 Å². The number of rotatable bonds is 6. The quantitative estimate of drug-likeness (QED) is 0.620. The molecule has 0 aromatic heterocycles. The molecule has 0 unspecified atom stereocenters. The van der Waals surface area contributed by atoms with Crippen LogP contribution >= 0.6 is 0 Å². The second-order valence-corrected chi connectivity index (χ2v) is 4.84. The van der Waals surface area contributed by atoms with E-state index >= 15 is 0 Å². The van der Waals surface area contributed by atoms with Crippen LogP contribution < -0.4 is 5.73 Å². The Kier molecular flexibility index (Phi) is 5.44. The zero-order chi connectivity index (χ0) is 9.61. The van der Waals surface area contributed by atoms with Gasteiger partial charge < -0.3 is 5.73 Å². The van der Waals surface area contributed by atoms with E-state index in [9.17, 15) is 8.42 Å². The summed E-state index contributed by atoms with van der Waals surface area (Å²) in [4.78, 5) is 0. The van der Waals surface area contributed by atoms with Crippen molar-refractivity contribution in [2.24, 2.45) is 11.7 Å². The van der Waals surface area contributed by atoms with Gasteiger partial charge in [-0.1, -0.05) is 13.8 Å². The molecule has 0 saturated heterocycles. The topological polar surface area (TPSA) is 69.4 Å². The van der Waals surface area contributed by atoms with Crippen molar-refractivity contribution in [3.8, 4) is 0 Å². The minimum absolute atomic E-state index is 0.0240. The van der Waals surface area contributed by atoms with Crippen LogP contribution in [0.2, 0.25) is 0 Å². The molecule has 0 saturated carbocycles. The van der Waals surface area contributed by atoms with Gasteiger partial charge in [-0.15, -0.1) is 0 Å². The third kappa shape index (κ3) is 6.57. The van der Waals surface area contributed by atoms with E-state index in [-0.39, 0.29) is 18.3 Å². The van der Waals surface area contributed by atoms with E-state index in [4.69, 9.17) is 9.92 Å². The molecule has 0 spiro atoms. The Labute approximate surface area is 74.2 Å². The van der Waals surface area contributed by atoms with Crippen molar-refractivity contribution >= 4 is 10.1 Å². The van der Waals surface area contributed by atoms with Gasteiger partial charge in [0.1, 0.15) is 0 Å². The summed E-state index contributed by atoms with van der Waals surface area (Å²) < 4.78 is 26.7. The molecule has 0 radical (unpaired) electrons. The second kappa shape index (κ2) is 5.50. The summed E-state index contributed by atoms with van der Waals surface area (Å²) in [6, 6.07) is 0. The van der Waals surface area contributed by atoms with Gasteiger partial charge in [-0.05, 0) is 18.9 Å². The summed E-state index contributed by atoms with van der Waals surface area (Å²) in [5, 5.41) is 0. The van der Waals surface area contributed by atoms with Crippen LogP contribution in [0.3, 0.4) is 0 Å². The lowest BCUT2D eigenvalue weighted by molar-refractivity contribution is 0.275. The summed E-state index contributed by atoms with van der Waals surface area (Å²) in [7, 11) is -3.32. The molecule has 0 bridgehead atoms. The Balaban J connectivity index is 3.73. The highest BCUT2D eigenvalue weighted by Crippen LogP contribution is 2.00. The van der Waals surface area contributed by atoms with Gasteiger partial charge in [-0.2, -0.15) is 8.42 Å². The number of hydrogen-bond acceptors (Lipinski definition) is 4. The summed E-state index contributed by atoms with van der Waals surface area (Å²) in [6.45, 7) is 4.44. The predicted octanol–water partition coefficient (Wildman–Crippen LogP) is 0.338. The van der Waals surface area contributed by atoms with Crippen molar-refractivity contribution in [3.63, 3.8) is 0 Å². The van der Waals surface area contributed by atoms with Gasteiger partial charge in [-0.25, -0.2) is 0 Å². The molecule has 74 valence electrons. The fourth-order valence-corrected chi connectivity index (χ4v) is 1.68. The lowest BCUT2D eigenvalue weighted by Crippen LogP contribution is -2.16. The molecule has 0 aromatic carbocycles. The van der Waals surface area contributed by atoms with Crippen LogP contribution in [-0.4, -0.2) is 27.3 Å². The van der Waals surface area contributed by atoms with E-state index in [0.717, 1.165) is 0 Å². The van der Waals surface area contributed by atoms with Crippen molar-refractivity contribution in [2.75, 3.05) is 18.9 Å². The van der Waals surface area contributed by atoms with Crippen molar-refractivity contribution in [1.29, 1.82) is 0 Å². The van der Waals surface area contributed by atoms with Crippen molar-refractivity contribution in [1.82, 2.24) is 0 Å². The highest BCUT2D eigenvalue weighted by molar-refractivity contribution is 7.86. The van der Waals surface area contributed by atoms with Crippen molar-refractivity contribution < 1.29 is 12.6 Å². The van der Waals surface area contributed by atoms with Crippen LogP contribution in [0.15, 0.2) is 0 Å². The average Bonchev–Trinajstić information content (AvgIpc) is 1.98. The van der Waals surface area contributed by atoms with Crippen LogP contribution in [0.5, 0.6) is 0 Å². The zero-order valence-electron chi connectivity index (χ0n) is 7.62. The Morgan fingerprint density at radius 3 is 2.42 bits per heavy atom. The second-order valence-electron chi connectivity index (χ2n) is 3.08. The molecule has 5 heteroatoms. The molecular formula is C7H17NO3S. The lowest BCUT2D eigenvalue weighted by Gasteiger charge is -2.06. The first kappa shape index (κ1) is 11.9. The molecule has 0 rings (SSSR count). The van der Waals surface area contributed by atoms with Gasteiger partial charge >= 0.3 is 0 Å². The van der Waals surface area contributed by atoms with Crippen LogP contribution in [0.1, 0.15) is 20.3 Å². The maximum absolute atomic E-state index is 11.0. The Bertz CT molecular complexity index is 199. The number of hydrogen-bond donors (Lipinski definition) is 1. The van der Waals surface area contributed by atoms with Gasteiger partial charge in [0.05, 0.1) is 12.4 Å². The van der Waals surface area contributed by atoms with E-state index in [1.165, 1.54) is 0 Å². The molecule has 12 heavy (non-hydrogen) atoms. The molecule has 0 aromatic rings. The SMILES string of the molecule is CC(C)COS(=O)(=O)CCCN. The zero-order valence-corrected chi connectivity index (χ0v) is 8.43. The minimum atomic E-state index is -3.32. The van der Waals surface area contributed by atoms with Crippen LogP contribution in [0.4, 0.5) is 0 Å². The lowest BCUT2D eigenvalue weighted by atomic mass is 10.2. The summed E-state index contributed by atoms with van der Waals surface area (Å²) in [5.41, 5.74) is 5.17. The molecule has 0 aliphatic heterocycles. The molecular weight excluding hydrogens is 178 g/mol. The smallest absolute Gasteiger partial charge is 0.267 e. The molecule has 0 heterocycles. The molecule has 4 nitrogen and oxygen atoms in total. The maximum Gasteiger partial charge on any atom is 0.267 e. The highest BCUT2D eigenvalue weighted by Gasteiger charge is 2.10. The first-order valence-electron chi connectivity index (χ1n) is 4.05. The molecule has 2 N–H and O–H groups in total. The fraction of sp³-hybridized carbons (Fsp3) is 1.00. The van der Waals surface area contributed by atoms with Gasteiger partial charge in [-0.3, -0.25) is 4.18 Å². The average molecular weight is 195 g/mol. The van der Waals surface area contributed by atoms with Gasteiger partial charge in [0.25, 0.3) is 10.1 Å². The van der Waals surface area contributed by atoms with Gasteiger partial charge in [0, 0.05) is 0 Å². The van der Waals surface area contributed by atoms with Crippen molar-refractivity contribution in [3.05, 3.63) is 0 Å². The van der Waals surface area contributed by atoms with E-state index in [1.807, 2.05) is 13.8 Å². The number of nitrogens with two attached hydrogens (primary N) is 1. The third-order valence-electron chi connectivity index (χ3n) is 1.18. The summed E-state index contributed by atoms with van der Waals surface area (Å²) in [5.74, 6) is 0.258. The van der Waals surface area contributed by atoms with Crippen LogP contribution in [0.25, 0.3) is 0 Å². The van der Waals surface area contributed by atoms with E-state index in [0.29, 0.717) is 13.0 Å². The summed E-state index contributed by atoms with van der Waals surface area (Å²) >= 11 is 0. The van der Waals surface area contributed by atoms with Crippen LogP contribution in [-0.2, 0) is 14.3 Å². The molecule has 0 aliphatic rings. The van der Waals surface area contributed by atoms with Gasteiger partial charge in [0.15, 0.2) is 0 Å². The van der Waals surface area contributed by atoms with Crippen LogP contribution in [0, 0.1) is 5.92 Å². The third-order valence-corrected chi connectivity index (χ3v) is 2.46. The van der Waals surface area contributed by atoms with Crippen molar-refractivity contribution in [2.45, 2.75) is 20.3 Å². The van der Waals surface area contributed by atoms with E-state index < -0.39 is 10.1 Å². The standard InChI is InChI=1S/C7H17NO3S/c1-7(2)6-11-12(9,10)5-3-4-8/h7H,3-6,8H2,1-2H3. The Morgan fingerprint density at radius 2 is 2.00 bits per heavy atom. The highest BCUT2D eigenvalue weighted by atomic mass is 32.2. The molecule has 0 fully saturated rings. The normalized spacial score (nSPS) is 12.3. The predicted molar refractivity (Wildman–Crippen MR) is 48.2 cm³/mol. The molecule has 0 amide bonds. The summed E-state index contributed by atoms with van der Waals surface area (Å²) in [6.07, 6.45) is 0.459. The van der Waals surface area contributed by atoms with Gasteiger partial charge in [0.2, 0.25) is 0 Å². The Morgan fingerprint density at radius 1 is 1.42 bits per heavy atom. The monoisotopic (exact) mass is 195 g/mol. The molecule has 0 aliphatic carbocycles. The van der Waals surface area contributed by atoms with E-state index in [1.54, 1.807) is 0 Å². The minimum Gasteiger partial charge on any atom is -0.330 e. The Hall–Kier alpha value is -0.130. The first-order chi connectivity index (χ1) is 5.48. The maximum atomic E-state index is 11.0. The first-order valence-corrected chi connectivity index (χ1v) is 5.63. The molecule has 0 atom stereocenters. The fourth-order valence-electron chi connectivity index (χ4n) is 0.559.